The van der Waals surface area contributed by atoms with E-state index in [2.05, 4.69) is 25.9 Å². The highest BCUT2D eigenvalue weighted by molar-refractivity contribution is 7.89. The van der Waals surface area contributed by atoms with Crippen molar-refractivity contribution in [2.45, 2.75) is 83.1 Å². The Balaban J connectivity index is 1.50. The van der Waals surface area contributed by atoms with E-state index >= 15 is 0 Å². The van der Waals surface area contributed by atoms with E-state index in [0.29, 0.717) is 31.4 Å². The summed E-state index contributed by atoms with van der Waals surface area (Å²) in [5.41, 5.74) is 4.26. The van der Waals surface area contributed by atoms with Gasteiger partial charge in [-0.15, -0.1) is 22.7 Å². The van der Waals surface area contributed by atoms with Gasteiger partial charge in [-0.25, -0.2) is 23.0 Å². The summed E-state index contributed by atoms with van der Waals surface area (Å²) >= 11 is 2.87. The second-order valence-electron chi connectivity index (χ2n) is 13.2. The topological polar surface area (TPSA) is 189 Å². The van der Waals surface area contributed by atoms with Crippen LogP contribution in [0.1, 0.15) is 65.7 Å². The van der Waals surface area contributed by atoms with Crippen LogP contribution in [0.5, 0.6) is 0 Å². The minimum absolute atomic E-state index is 0.0826. The molecule has 5 amide bonds. The van der Waals surface area contributed by atoms with Gasteiger partial charge in [-0.1, -0.05) is 74.5 Å². The van der Waals surface area contributed by atoms with E-state index < -0.39 is 52.5 Å². The molecule has 4 aromatic rings. The molecule has 2 heterocycles. The second kappa shape index (κ2) is 20.5. The summed E-state index contributed by atoms with van der Waals surface area (Å²) in [5.74, 6) is -1.40. The number of alkyl carbamates (subject to hydrolysis) is 1. The number of hydrogen-bond donors (Lipinski definition) is 4. The molecule has 0 bridgehead atoms. The number of hydrogen-bond acceptors (Lipinski definition) is 11. The van der Waals surface area contributed by atoms with Crippen LogP contribution in [-0.4, -0.2) is 78.7 Å². The highest BCUT2D eigenvalue weighted by atomic mass is 32.2. The van der Waals surface area contributed by atoms with Crippen LogP contribution in [0, 0.1) is 0 Å². The van der Waals surface area contributed by atoms with Crippen molar-refractivity contribution in [2.75, 3.05) is 13.3 Å². The summed E-state index contributed by atoms with van der Waals surface area (Å²) in [4.78, 5) is 63.7. The quantitative estimate of drug-likeness (QED) is 0.104. The Kier molecular flexibility index (Phi) is 15.9. The van der Waals surface area contributed by atoms with Crippen LogP contribution in [0.25, 0.3) is 0 Å². The van der Waals surface area contributed by atoms with Crippen molar-refractivity contribution in [1.29, 1.82) is 0 Å². The van der Waals surface area contributed by atoms with Gasteiger partial charge >= 0.3 is 12.1 Å². The summed E-state index contributed by atoms with van der Waals surface area (Å²) in [6.07, 6.45) is 2.97. The smallest absolute Gasteiger partial charge is 0.407 e. The molecule has 0 saturated carbocycles. The maximum atomic E-state index is 14.0. The molecule has 3 unspecified atom stereocenters. The highest BCUT2D eigenvalue weighted by Crippen LogP contribution is 2.20. The first kappa shape index (κ1) is 41.9. The second-order valence-corrected chi connectivity index (χ2v) is 16.8. The lowest BCUT2D eigenvalue weighted by atomic mass is 9.95. The third-order valence-corrected chi connectivity index (χ3v) is 10.7. The van der Waals surface area contributed by atoms with Crippen molar-refractivity contribution in [3.63, 3.8) is 0 Å². The molecule has 0 aliphatic carbocycles. The SMILES string of the molecule is CC(C)c1nc(CN(C)C(=O)NC(CC(=O)NS(C)(=O)=O)C(=O)NC(CCC(Cc2ccccc2)NC(=O)OCc2cncs2)Cc2ccccc2)cs1. The van der Waals surface area contributed by atoms with E-state index in [1.807, 2.05) is 84.6 Å². The van der Waals surface area contributed by atoms with E-state index in [-0.39, 0.29) is 25.1 Å². The van der Waals surface area contributed by atoms with Crippen molar-refractivity contribution in [1.82, 2.24) is 35.5 Å². The van der Waals surface area contributed by atoms with E-state index in [0.717, 1.165) is 27.3 Å². The minimum Gasteiger partial charge on any atom is -0.444 e. The van der Waals surface area contributed by atoms with Gasteiger partial charge < -0.3 is 25.6 Å². The summed E-state index contributed by atoms with van der Waals surface area (Å²) < 4.78 is 31.0. The molecule has 14 nitrogen and oxygen atoms in total. The first-order valence-corrected chi connectivity index (χ1v) is 21.0. The molecule has 0 spiro atoms. The zero-order valence-electron chi connectivity index (χ0n) is 30.7. The van der Waals surface area contributed by atoms with Crippen molar-refractivity contribution in [2.24, 2.45) is 0 Å². The molecule has 0 aliphatic rings. The first-order valence-electron chi connectivity index (χ1n) is 17.4. The Morgan fingerprint density at radius 1 is 0.870 bits per heavy atom. The lowest BCUT2D eigenvalue weighted by molar-refractivity contribution is -0.128. The molecule has 4 rings (SSSR count). The van der Waals surface area contributed by atoms with Gasteiger partial charge in [-0.05, 0) is 36.8 Å². The average molecular weight is 798 g/mol. The molecular weight excluding hydrogens is 751 g/mol. The lowest BCUT2D eigenvalue weighted by Crippen LogP contribution is -2.54. The summed E-state index contributed by atoms with van der Waals surface area (Å²) in [6, 6.07) is 16.2. The van der Waals surface area contributed by atoms with E-state index in [1.54, 1.807) is 11.7 Å². The maximum Gasteiger partial charge on any atom is 0.407 e. The van der Waals surface area contributed by atoms with E-state index in [1.165, 1.54) is 34.6 Å². The van der Waals surface area contributed by atoms with Gasteiger partial charge in [-0.2, -0.15) is 0 Å². The van der Waals surface area contributed by atoms with Gasteiger partial charge in [0.15, 0.2) is 0 Å². The number of aromatic nitrogens is 2. The molecule has 17 heteroatoms. The van der Waals surface area contributed by atoms with Crippen LogP contribution >= 0.6 is 22.7 Å². The largest absolute Gasteiger partial charge is 0.444 e. The van der Waals surface area contributed by atoms with Gasteiger partial charge in [0, 0.05) is 36.6 Å². The number of amides is 5. The average Bonchev–Trinajstić information content (AvgIpc) is 3.82. The van der Waals surface area contributed by atoms with Gasteiger partial charge in [0.25, 0.3) is 0 Å². The third kappa shape index (κ3) is 14.9. The van der Waals surface area contributed by atoms with E-state index in [9.17, 15) is 27.6 Å². The monoisotopic (exact) mass is 797 g/mol. The van der Waals surface area contributed by atoms with Crippen LogP contribution < -0.4 is 20.7 Å². The Hall–Kier alpha value is -4.87. The molecule has 290 valence electrons. The predicted molar refractivity (Wildman–Crippen MR) is 208 cm³/mol. The standard InChI is InChI=1S/C37H47N7O7S3/c1-25(2)35-40-30(23-52-35)21-44(3)36(47)42-32(19-33(45)43-54(4,49)50)34(46)39-28(17-26-11-7-5-8-12-26)15-16-29(18-27-13-9-6-10-14-27)41-37(48)51-22-31-20-38-24-53-31/h5-14,20,23-25,28-29,32H,15-19,21-22H2,1-4H3,(H,39,46)(H,41,48)(H,42,47)(H,43,45). The molecule has 54 heavy (non-hydrogen) atoms. The lowest BCUT2D eigenvalue weighted by Gasteiger charge is -2.27. The predicted octanol–water partition coefficient (Wildman–Crippen LogP) is 4.74. The first-order chi connectivity index (χ1) is 25.7. The molecule has 0 fully saturated rings. The summed E-state index contributed by atoms with van der Waals surface area (Å²) in [7, 11) is -2.39. The Morgan fingerprint density at radius 3 is 2.02 bits per heavy atom. The molecule has 2 aromatic heterocycles. The van der Waals surface area contributed by atoms with Crippen LogP contribution in [0.15, 0.2) is 77.8 Å². The number of nitrogens with zero attached hydrogens (tertiary/aromatic N) is 3. The normalized spacial score (nSPS) is 13.0. The number of urea groups is 1. The van der Waals surface area contributed by atoms with Crippen LogP contribution in [-0.2, 0) is 50.3 Å². The number of carbonyl (C=O) groups excluding carboxylic acids is 4. The Labute approximate surface area is 324 Å². The van der Waals surface area contributed by atoms with Crippen molar-refractivity contribution < 1.29 is 32.3 Å². The zero-order chi connectivity index (χ0) is 39.1. The van der Waals surface area contributed by atoms with Crippen molar-refractivity contribution in [3.05, 3.63) is 104 Å². The third-order valence-electron chi connectivity index (χ3n) is 8.12. The van der Waals surface area contributed by atoms with Crippen molar-refractivity contribution in [3.8, 4) is 0 Å². The van der Waals surface area contributed by atoms with Crippen LogP contribution in [0.2, 0.25) is 0 Å². The number of ether oxygens (including phenoxy) is 1. The van der Waals surface area contributed by atoms with Gasteiger partial charge in [0.05, 0.1) is 40.3 Å². The Morgan fingerprint density at radius 2 is 1.48 bits per heavy atom. The number of nitrogens with one attached hydrogen (secondary N) is 4. The molecule has 3 atom stereocenters. The van der Waals surface area contributed by atoms with E-state index in [4.69, 9.17) is 4.74 Å². The fourth-order valence-electron chi connectivity index (χ4n) is 5.49. The van der Waals surface area contributed by atoms with Gasteiger partial charge in [0.2, 0.25) is 21.8 Å². The summed E-state index contributed by atoms with van der Waals surface area (Å²) in [5, 5.41) is 11.4. The maximum absolute atomic E-state index is 14.0. The number of carbonyl (C=O) groups is 4. The van der Waals surface area contributed by atoms with Crippen LogP contribution in [0.3, 0.4) is 0 Å². The molecular formula is C37H47N7O7S3. The molecule has 0 aliphatic heterocycles. The fraction of sp³-hybridized carbons (Fsp3) is 0.405. The van der Waals surface area contributed by atoms with Crippen molar-refractivity contribution >= 4 is 56.6 Å². The van der Waals surface area contributed by atoms with Crippen LogP contribution in [0.4, 0.5) is 9.59 Å². The van der Waals surface area contributed by atoms with Gasteiger partial charge in [0.1, 0.15) is 12.6 Å². The Bertz CT molecular complexity index is 1910. The zero-order valence-corrected chi connectivity index (χ0v) is 33.1. The molecule has 4 N–H and O–H groups in total. The number of sulfonamides is 1. The molecule has 0 radical (unpaired) electrons. The summed E-state index contributed by atoms with van der Waals surface area (Å²) in [6.45, 7) is 4.28. The molecule has 2 aromatic carbocycles. The minimum atomic E-state index is -3.93. The number of rotatable bonds is 19. The fourth-order valence-corrected chi connectivity index (χ4v) is 7.32. The van der Waals surface area contributed by atoms with Gasteiger partial charge in [-0.3, -0.25) is 19.3 Å². The molecule has 0 saturated heterocycles. The number of benzene rings is 2. The number of thiazole rings is 2. The highest BCUT2D eigenvalue weighted by Gasteiger charge is 2.29.